The third kappa shape index (κ3) is 10.7. The van der Waals surface area contributed by atoms with Crippen LogP contribution < -0.4 is 0 Å². The van der Waals surface area contributed by atoms with Crippen LogP contribution in [0.3, 0.4) is 0 Å². The lowest BCUT2D eigenvalue weighted by molar-refractivity contribution is -0.139. The first-order valence-corrected chi connectivity index (χ1v) is 10.8. The van der Waals surface area contributed by atoms with E-state index in [1.165, 1.54) is 24.1 Å². The van der Waals surface area contributed by atoms with Gasteiger partial charge < -0.3 is 4.74 Å². The summed E-state index contributed by atoms with van der Waals surface area (Å²) < 4.78 is 5.02. The van der Waals surface area contributed by atoms with Crippen LogP contribution in [0.2, 0.25) is 25.7 Å². The van der Waals surface area contributed by atoms with E-state index in [1.807, 2.05) is 0 Å². The topological polar surface area (TPSA) is 26.3 Å². The number of ether oxygens (including phenoxy) is 1. The molecule has 0 aromatic rings. The van der Waals surface area contributed by atoms with E-state index in [4.69, 9.17) is 4.74 Å². The van der Waals surface area contributed by atoms with Crippen LogP contribution in [0.5, 0.6) is 0 Å². The summed E-state index contributed by atoms with van der Waals surface area (Å²) in [4.78, 5) is 10.8. The first-order chi connectivity index (χ1) is 8.61. The summed E-state index contributed by atoms with van der Waals surface area (Å²) >= 11 is 0. The monoisotopic (exact) mass is 282 g/mol. The summed E-state index contributed by atoms with van der Waals surface area (Å²) in [6.45, 7) is 17.3. The number of carbonyl (C=O) groups excluding carboxylic acids is 1. The second-order valence-corrected chi connectivity index (χ2v) is 12.2. The van der Waals surface area contributed by atoms with Crippen LogP contribution in [0, 0.1) is 5.92 Å². The minimum atomic E-state index is -1.13. The van der Waals surface area contributed by atoms with Crippen LogP contribution in [0.1, 0.15) is 33.6 Å². The maximum absolute atomic E-state index is 10.8. The van der Waals surface area contributed by atoms with E-state index < -0.39 is 8.07 Å². The van der Waals surface area contributed by atoms with Gasteiger partial charge in [0.05, 0.1) is 0 Å². The van der Waals surface area contributed by atoms with Gasteiger partial charge in [0.25, 0.3) is 0 Å². The highest BCUT2D eigenvalue weighted by Gasteiger charge is 2.16. The van der Waals surface area contributed by atoms with Crippen LogP contribution in [0.15, 0.2) is 23.8 Å². The predicted octanol–water partition coefficient (Wildman–Crippen LogP) is 4.81. The second-order valence-electron chi connectivity index (χ2n) is 6.69. The lowest BCUT2D eigenvalue weighted by Gasteiger charge is -2.20. The second kappa shape index (κ2) is 8.36. The number of hydrogen-bond donors (Lipinski definition) is 0. The zero-order chi connectivity index (χ0) is 15.1. The van der Waals surface area contributed by atoms with Crippen molar-refractivity contribution in [1.29, 1.82) is 0 Å². The van der Waals surface area contributed by atoms with Crippen LogP contribution in [0.25, 0.3) is 0 Å². The molecule has 0 unspecified atom stereocenters. The molecule has 0 aromatic heterocycles. The van der Waals surface area contributed by atoms with Crippen molar-refractivity contribution in [3.63, 3.8) is 0 Å². The fraction of sp³-hybridized carbons (Fsp3) is 0.688. The molecule has 0 radical (unpaired) electrons. The number of carbonyl (C=O) groups is 1. The first-order valence-electron chi connectivity index (χ1n) is 7.08. The normalized spacial score (nSPS) is 14.1. The van der Waals surface area contributed by atoms with E-state index >= 15 is 0 Å². The Hall–Kier alpha value is -0.833. The third-order valence-electron chi connectivity index (χ3n) is 3.16. The number of hydrogen-bond acceptors (Lipinski definition) is 2. The molecule has 2 nitrogen and oxygen atoms in total. The Morgan fingerprint density at radius 1 is 1.32 bits per heavy atom. The molecule has 3 heteroatoms. The fourth-order valence-corrected chi connectivity index (χ4v) is 3.55. The van der Waals surface area contributed by atoms with Gasteiger partial charge in [0.1, 0.15) is 6.61 Å². The standard InChI is InChI=1S/C16H30O2Si/c1-13(2)14(3)8-9-16(12-19(5,6)7)10-11-18-15(4)17/h10,14H,1,8-9,11-12H2,2-7H3/b16-10-/t14-/m0/s1. The van der Waals surface area contributed by atoms with E-state index in [9.17, 15) is 4.79 Å². The van der Waals surface area contributed by atoms with E-state index in [0.29, 0.717) is 12.5 Å². The number of esters is 1. The summed E-state index contributed by atoms with van der Waals surface area (Å²) in [5.41, 5.74) is 2.68. The molecule has 0 saturated carbocycles. The van der Waals surface area contributed by atoms with Crippen molar-refractivity contribution < 1.29 is 9.53 Å². The molecule has 0 aliphatic carbocycles. The SMILES string of the molecule is C=C(C)[C@@H](C)CC/C(=C/COC(C)=O)C[Si](C)(C)C. The Morgan fingerprint density at radius 3 is 2.32 bits per heavy atom. The van der Waals surface area contributed by atoms with Crippen LogP contribution in [-0.4, -0.2) is 20.7 Å². The van der Waals surface area contributed by atoms with Crippen molar-refractivity contribution >= 4 is 14.0 Å². The van der Waals surface area contributed by atoms with Crippen molar-refractivity contribution in [2.75, 3.05) is 6.61 Å². The molecule has 0 saturated heterocycles. The molecule has 0 spiro atoms. The molecule has 110 valence electrons. The van der Waals surface area contributed by atoms with Gasteiger partial charge in [-0.25, -0.2) is 0 Å². The minimum absolute atomic E-state index is 0.209. The smallest absolute Gasteiger partial charge is 0.302 e. The van der Waals surface area contributed by atoms with E-state index in [0.717, 1.165) is 12.8 Å². The van der Waals surface area contributed by atoms with Gasteiger partial charge in [0.15, 0.2) is 0 Å². The Labute approximate surface area is 119 Å². The molecule has 0 N–H and O–H groups in total. The highest BCUT2D eigenvalue weighted by atomic mass is 28.3. The molecule has 0 amide bonds. The molecular weight excluding hydrogens is 252 g/mol. The lowest BCUT2D eigenvalue weighted by atomic mass is 9.96. The zero-order valence-electron chi connectivity index (χ0n) is 13.5. The van der Waals surface area contributed by atoms with E-state index in [1.54, 1.807) is 0 Å². The van der Waals surface area contributed by atoms with E-state index in [-0.39, 0.29) is 5.97 Å². The maximum Gasteiger partial charge on any atom is 0.302 e. The molecule has 0 aromatic carbocycles. The van der Waals surface area contributed by atoms with Gasteiger partial charge in [0.2, 0.25) is 0 Å². The van der Waals surface area contributed by atoms with Gasteiger partial charge in [0, 0.05) is 15.0 Å². The summed E-state index contributed by atoms with van der Waals surface area (Å²) in [5, 5.41) is 0. The molecule has 19 heavy (non-hydrogen) atoms. The molecule has 1 atom stereocenters. The number of rotatable bonds is 8. The summed E-state index contributed by atoms with van der Waals surface area (Å²) in [5.74, 6) is 0.345. The summed E-state index contributed by atoms with van der Waals surface area (Å²) in [6, 6.07) is 1.18. The summed E-state index contributed by atoms with van der Waals surface area (Å²) in [6.07, 6.45) is 4.32. The van der Waals surface area contributed by atoms with Gasteiger partial charge >= 0.3 is 5.97 Å². The first kappa shape index (κ1) is 18.2. The van der Waals surface area contributed by atoms with E-state index in [2.05, 4.69) is 46.1 Å². The molecule has 0 bridgehead atoms. The van der Waals surface area contributed by atoms with Crippen LogP contribution in [0.4, 0.5) is 0 Å². The minimum Gasteiger partial charge on any atom is -0.462 e. The van der Waals surface area contributed by atoms with Crippen LogP contribution in [-0.2, 0) is 9.53 Å². The molecule has 0 aliphatic heterocycles. The van der Waals surface area contributed by atoms with Crippen molar-refractivity contribution in [3.8, 4) is 0 Å². The van der Waals surface area contributed by atoms with Gasteiger partial charge in [-0.3, -0.25) is 4.79 Å². The number of allylic oxidation sites excluding steroid dienone is 2. The zero-order valence-corrected chi connectivity index (χ0v) is 14.5. The average molecular weight is 282 g/mol. The molecular formula is C16H30O2Si. The van der Waals surface area contributed by atoms with Gasteiger partial charge in [-0.1, -0.05) is 44.3 Å². The Balaban J connectivity index is 4.49. The summed E-state index contributed by atoms with van der Waals surface area (Å²) in [7, 11) is -1.13. The average Bonchev–Trinajstić information content (AvgIpc) is 2.22. The van der Waals surface area contributed by atoms with Crippen molar-refractivity contribution in [2.24, 2.45) is 5.92 Å². The molecule has 0 aliphatic rings. The van der Waals surface area contributed by atoms with Crippen LogP contribution >= 0.6 is 0 Å². The molecule has 0 heterocycles. The van der Waals surface area contributed by atoms with Gasteiger partial charge in [-0.2, -0.15) is 0 Å². The lowest BCUT2D eigenvalue weighted by Crippen LogP contribution is -2.20. The third-order valence-corrected chi connectivity index (χ3v) is 4.67. The predicted molar refractivity (Wildman–Crippen MR) is 86.1 cm³/mol. The highest BCUT2D eigenvalue weighted by Crippen LogP contribution is 2.24. The Bertz CT molecular complexity index is 337. The van der Waals surface area contributed by atoms with Gasteiger partial charge in [-0.05, 0) is 37.8 Å². The largest absolute Gasteiger partial charge is 0.462 e. The molecule has 0 fully saturated rings. The Morgan fingerprint density at radius 2 is 1.89 bits per heavy atom. The van der Waals surface area contributed by atoms with Gasteiger partial charge in [-0.15, -0.1) is 0 Å². The highest BCUT2D eigenvalue weighted by molar-refractivity contribution is 6.76. The Kier molecular flexibility index (Phi) is 7.99. The quantitative estimate of drug-likeness (QED) is 0.363. The van der Waals surface area contributed by atoms with Crippen molar-refractivity contribution in [1.82, 2.24) is 0 Å². The van der Waals surface area contributed by atoms with Crippen molar-refractivity contribution in [3.05, 3.63) is 23.8 Å². The molecule has 0 rings (SSSR count). The fourth-order valence-electron chi connectivity index (χ4n) is 1.87. The van der Waals surface area contributed by atoms with Crippen molar-refractivity contribution in [2.45, 2.75) is 59.3 Å². The maximum atomic E-state index is 10.8.